The molecule has 2 amide bonds. The summed E-state index contributed by atoms with van der Waals surface area (Å²) in [6, 6.07) is 17.3. The highest BCUT2D eigenvalue weighted by Gasteiger charge is 2.36. The summed E-state index contributed by atoms with van der Waals surface area (Å²) in [5.74, 6) is 0.250. The van der Waals surface area contributed by atoms with Gasteiger partial charge in [0.05, 0.1) is 28.0 Å². The van der Waals surface area contributed by atoms with Gasteiger partial charge in [-0.1, -0.05) is 59.6 Å². The SMILES string of the molecule is CCOc1cc(/C=C2\SC(=O)N(Cc3ccccc3[N+](=O)[O-])C2=O)cc(Cl)c1OCc1ccc(C)cc1. The van der Waals surface area contributed by atoms with E-state index in [1.807, 2.05) is 38.1 Å². The van der Waals surface area contributed by atoms with Crippen LogP contribution in [0.25, 0.3) is 6.08 Å². The lowest BCUT2D eigenvalue weighted by Crippen LogP contribution is -2.27. The lowest BCUT2D eigenvalue weighted by atomic mass is 10.1. The second-order valence-electron chi connectivity index (χ2n) is 8.19. The molecule has 0 radical (unpaired) electrons. The second-order valence-corrected chi connectivity index (χ2v) is 9.59. The third kappa shape index (κ3) is 6.12. The summed E-state index contributed by atoms with van der Waals surface area (Å²) in [5, 5.41) is 11.1. The van der Waals surface area contributed by atoms with Crippen LogP contribution in [-0.2, 0) is 17.9 Å². The van der Waals surface area contributed by atoms with Gasteiger partial charge in [-0.25, -0.2) is 0 Å². The van der Waals surface area contributed by atoms with E-state index in [1.165, 1.54) is 18.2 Å². The lowest BCUT2D eigenvalue weighted by molar-refractivity contribution is -0.385. The highest BCUT2D eigenvalue weighted by Crippen LogP contribution is 2.40. The summed E-state index contributed by atoms with van der Waals surface area (Å²) in [5.41, 5.74) is 2.79. The molecule has 0 unspecified atom stereocenters. The zero-order chi connectivity index (χ0) is 26.5. The molecule has 0 spiro atoms. The fourth-order valence-corrected chi connectivity index (χ4v) is 4.81. The summed E-state index contributed by atoms with van der Waals surface area (Å²) >= 11 is 7.29. The topological polar surface area (TPSA) is 99.0 Å². The van der Waals surface area contributed by atoms with Gasteiger partial charge in [0, 0.05) is 11.6 Å². The van der Waals surface area contributed by atoms with Crippen molar-refractivity contribution >= 4 is 46.3 Å². The number of aryl methyl sites for hydroxylation is 1. The van der Waals surface area contributed by atoms with Crippen LogP contribution in [-0.4, -0.2) is 27.6 Å². The first-order valence-electron chi connectivity index (χ1n) is 11.4. The molecule has 4 rings (SSSR count). The highest BCUT2D eigenvalue weighted by molar-refractivity contribution is 8.18. The number of hydrogen-bond acceptors (Lipinski definition) is 7. The maximum atomic E-state index is 13.0. The number of para-hydroxylation sites is 1. The Balaban J connectivity index is 1.56. The van der Waals surface area contributed by atoms with Crippen LogP contribution in [0.2, 0.25) is 5.02 Å². The Morgan fingerprint density at radius 2 is 1.81 bits per heavy atom. The first-order valence-corrected chi connectivity index (χ1v) is 12.6. The van der Waals surface area contributed by atoms with Crippen molar-refractivity contribution in [3.8, 4) is 11.5 Å². The zero-order valence-corrected chi connectivity index (χ0v) is 21.7. The van der Waals surface area contributed by atoms with Crippen molar-refractivity contribution in [2.75, 3.05) is 6.61 Å². The first kappa shape index (κ1) is 26.2. The Hall–Kier alpha value is -3.82. The Bertz CT molecular complexity index is 1390. The van der Waals surface area contributed by atoms with Crippen LogP contribution in [0, 0.1) is 17.0 Å². The van der Waals surface area contributed by atoms with Crippen LogP contribution in [0.4, 0.5) is 10.5 Å². The van der Waals surface area contributed by atoms with Crippen LogP contribution in [0.1, 0.15) is 29.2 Å². The molecule has 1 heterocycles. The van der Waals surface area contributed by atoms with E-state index in [1.54, 1.807) is 24.3 Å². The number of amides is 2. The molecule has 1 saturated heterocycles. The van der Waals surface area contributed by atoms with Gasteiger partial charge in [0.2, 0.25) is 0 Å². The highest BCUT2D eigenvalue weighted by atomic mass is 35.5. The van der Waals surface area contributed by atoms with Gasteiger partial charge in [-0.15, -0.1) is 0 Å². The van der Waals surface area contributed by atoms with Gasteiger partial charge in [0.25, 0.3) is 16.8 Å². The van der Waals surface area contributed by atoms with E-state index in [-0.39, 0.29) is 22.7 Å². The molecule has 37 heavy (non-hydrogen) atoms. The minimum Gasteiger partial charge on any atom is -0.490 e. The first-order chi connectivity index (χ1) is 17.8. The number of imide groups is 1. The Morgan fingerprint density at radius 1 is 1.08 bits per heavy atom. The van der Waals surface area contributed by atoms with E-state index in [0.717, 1.165) is 27.8 Å². The van der Waals surface area contributed by atoms with Crippen LogP contribution in [0.5, 0.6) is 11.5 Å². The van der Waals surface area contributed by atoms with E-state index in [2.05, 4.69) is 0 Å². The number of ether oxygens (including phenoxy) is 2. The third-order valence-electron chi connectivity index (χ3n) is 5.52. The zero-order valence-electron chi connectivity index (χ0n) is 20.1. The normalized spacial score (nSPS) is 14.4. The maximum absolute atomic E-state index is 13.0. The molecule has 0 N–H and O–H groups in total. The van der Waals surface area contributed by atoms with Crippen molar-refractivity contribution in [3.63, 3.8) is 0 Å². The van der Waals surface area contributed by atoms with E-state index in [9.17, 15) is 19.7 Å². The molecule has 3 aromatic rings. The lowest BCUT2D eigenvalue weighted by Gasteiger charge is -2.15. The van der Waals surface area contributed by atoms with Crippen molar-refractivity contribution in [3.05, 3.63) is 103 Å². The molecule has 0 aromatic heterocycles. The van der Waals surface area contributed by atoms with Crippen LogP contribution in [0.3, 0.4) is 0 Å². The molecule has 0 saturated carbocycles. The minimum absolute atomic E-state index is 0.153. The van der Waals surface area contributed by atoms with Crippen molar-refractivity contribution in [1.29, 1.82) is 0 Å². The number of nitrogens with zero attached hydrogens (tertiary/aromatic N) is 2. The summed E-state index contributed by atoms with van der Waals surface area (Å²) in [6.07, 6.45) is 1.54. The largest absolute Gasteiger partial charge is 0.490 e. The molecule has 8 nitrogen and oxygen atoms in total. The molecule has 0 aliphatic carbocycles. The fourth-order valence-electron chi connectivity index (χ4n) is 3.69. The Morgan fingerprint density at radius 3 is 2.51 bits per heavy atom. The van der Waals surface area contributed by atoms with Crippen molar-refractivity contribution in [2.24, 2.45) is 0 Å². The van der Waals surface area contributed by atoms with Gasteiger partial charge in [-0.2, -0.15) is 0 Å². The van der Waals surface area contributed by atoms with E-state index in [0.29, 0.717) is 35.3 Å². The van der Waals surface area contributed by atoms with Crippen LogP contribution in [0.15, 0.2) is 65.6 Å². The minimum atomic E-state index is -0.540. The third-order valence-corrected chi connectivity index (χ3v) is 6.71. The van der Waals surface area contributed by atoms with Crippen molar-refractivity contribution in [2.45, 2.75) is 27.0 Å². The molecular weight excluding hydrogens is 516 g/mol. The molecule has 0 bridgehead atoms. The van der Waals surface area contributed by atoms with Crippen molar-refractivity contribution < 1.29 is 24.0 Å². The number of nitro groups is 1. The summed E-state index contributed by atoms with van der Waals surface area (Å²) in [4.78, 5) is 37.5. The van der Waals surface area contributed by atoms with E-state index >= 15 is 0 Å². The van der Waals surface area contributed by atoms with Gasteiger partial charge in [-0.05, 0) is 54.9 Å². The maximum Gasteiger partial charge on any atom is 0.293 e. The predicted octanol–water partition coefficient (Wildman–Crippen LogP) is 6.77. The Kier molecular flexibility index (Phi) is 8.15. The number of hydrogen-bond donors (Lipinski definition) is 0. The number of thioether (sulfide) groups is 1. The number of benzene rings is 3. The van der Waals surface area contributed by atoms with Crippen LogP contribution < -0.4 is 9.47 Å². The van der Waals surface area contributed by atoms with Crippen molar-refractivity contribution in [1.82, 2.24) is 4.90 Å². The summed E-state index contributed by atoms with van der Waals surface area (Å²) in [6.45, 7) is 4.30. The molecule has 190 valence electrons. The van der Waals surface area contributed by atoms with E-state index < -0.39 is 16.1 Å². The molecule has 10 heteroatoms. The Labute approximate surface area is 223 Å². The number of carbonyl (C=O) groups is 2. The van der Waals surface area contributed by atoms with Gasteiger partial charge in [-0.3, -0.25) is 24.6 Å². The number of rotatable bonds is 9. The number of nitro benzene ring substituents is 1. The number of carbonyl (C=O) groups excluding carboxylic acids is 2. The molecule has 1 aliphatic heterocycles. The van der Waals surface area contributed by atoms with Gasteiger partial charge >= 0.3 is 0 Å². The smallest absolute Gasteiger partial charge is 0.293 e. The molecule has 1 aliphatic rings. The van der Waals surface area contributed by atoms with Gasteiger partial charge in [0.15, 0.2) is 11.5 Å². The predicted molar refractivity (Wildman–Crippen MR) is 143 cm³/mol. The second kappa shape index (κ2) is 11.5. The summed E-state index contributed by atoms with van der Waals surface area (Å²) < 4.78 is 11.7. The molecular formula is C27H23ClN2O6S. The van der Waals surface area contributed by atoms with Gasteiger partial charge in [0.1, 0.15) is 6.61 Å². The summed E-state index contributed by atoms with van der Waals surface area (Å²) in [7, 11) is 0. The quantitative estimate of drug-likeness (QED) is 0.168. The molecule has 0 atom stereocenters. The monoisotopic (exact) mass is 538 g/mol. The molecule has 3 aromatic carbocycles. The average Bonchev–Trinajstić information content (AvgIpc) is 3.12. The fraction of sp³-hybridized carbons (Fsp3) is 0.185. The number of halogens is 1. The molecule has 1 fully saturated rings. The standard InChI is InChI=1S/C27H23ClN2O6S/c1-3-35-23-13-19(12-21(28)25(23)36-16-18-10-8-17(2)9-11-18)14-24-26(31)29(27(32)37-24)15-20-6-4-5-7-22(20)30(33)34/h4-14H,3,15-16H2,1-2H3/b24-14-. The average molecular weight is 539 g/mol. The van der Waals surface area contributed by atoms with Gasteiger partial charge < -0.3 is 9.47 Å². The van der Waals surface area contributed by atoms with Crippen LogP contribution >= 0.6 is 23.4 Å². The van der Waals surface area contributed by atoms with E-state index in [4.69, 9.17) is 21.1 Å².